The molecule has 2 nitrogen and oxygen atoms in total. The van der Waals surface area contributed by atoms with Crippen molar-refractivity contribution in [1.82, 2.24) is 4.90 Å². The Labute approximate surface area is 62.2 Å². The van der Waals surface area contributed by atoms with Gasteiger partial charge in [-0.2, -0.15) is 0 Å². The van der Waals surface area contributed by atoms with E-state index in [4.69, 9.17) is 5.73 Å². The summed E-state index contributed by atoms with van der Waals surface area (Å²) in [6.45, 7) is 5.20. The molecule has 0 amide bonds. The number of rotatable bonds is 6. The molecular weight excluding hydrogens is 131 g/mol. The number of alkyl halides is 1. The molecule has 0 saturated heterocycles. The lowest BCUT2D eigenvalue weighted by Crippen LogP contribution is -2.30. The van der Waals surface area contributed by atoms with E-state index in [0.717, 1.165) is 19.6 Å². The first-order valence-corrected chi connectivity index (χ1v) is 3.83. The number of likely N-dealkylation sites (N-methyl/N-ethyl adjacent to an activating group) is 1. The average molecular weight is 148 g/mol. The third-order valence-corrected chi connectivity index (χ3v) is 1.50. The molecule has 0 saturated carbocycles. The van der Waals surface area contributed by atoms with Crippen LogP contribution in [0, 0.1) is 0 Å². The van der Waals surface area contributed by atoms with Crippen LogP contribution in [0.1, 0.15) is 13.3 Å². The van der Waals surface area contributed by atoms with E-state index in [1.807, 2.05) is 0 Å². The van der Waals surface area contributed by atoms with Crippen molar-refractivity contribution < 1.29 is 4.39 Å². The molecule has 0 bridgehead atoms. The molecule has 0 aromatic rings. The van der Waals surface area contributed by atoms with Gasteiger partial charge in [0.25, 0.3) is 0 Å². The normalized spacial score (nSPS) is 10.8. The molecule has 0 radical (unpaired) electrons. The van der Waals surface area contributed by atoms with Gasteiger partial charge >= 0.3 is 0 Å². The van der Waals surface area contributed by atoms with Crippen molar-refractivity contribution in [1.29, 1.82) is 0 Å². The SMILES string of the molecule is CCN(CCN)CCCF. The van der Waals surface area contributed by atoms with Crippen LogP contribution in [0.5, 0.6) is 0 Å². The minimum absolute atomic E-state index is 0.221. The maximum Gasteiger partial charge on any atom is 0.0906 e. The standard InChI is InChI=1S/C7H17FN2/c1-2-10(7-5-9)6-3-4-8/h2-7,9H2,1H3. The second-order valence-electron chi connectivity index (χ2n) is 2.27. The van der Waals surface area contributed by atoms with Crippen LogP contribution in [0.15, 0.2) is 0 Å². The van der Waals surface area contributed by atoms with Gasteiger partial charge < -0.3 is 10.6 Å². The molecule has 0 fully saturated rings. The molecular formula is C7H17FN2. The summed E-state index contributed by atoms with van der Waals surface area (Å²) >= 11 is 0. The molecule has 0 unspecified atom stereocenters. The van der Waals surface area contributed by atoms with E-state index in [1.54, 1.807) is 0 Å². The zero-order valence-electron chi connectivity index (χ0n) is 6.65. The van der Waals surface area contributed by atoms with Crippen LogP contribution in [0.4, 0.5) is 4.39 Å². The fourth-order valence-electron chi connectivity index (χ4n) is 0.894. The minimum Gasteiger partial charge on any atom is -0.329 e. The van der Waals surface area contributed by atoms with Gasteiger partial charge in [-0.25, -0.2) is 0 Å². The first kappa shape index (κ1) is 9.85. The molecule has 0 aromatic carbocycles. The monoisotopic (exact) mass is 148 g/mol. The second kappa shape index (κ2) is 6.96. The van der Waals surface area contributed by atoms with E-state index >= 15 is 0 Å². The van der Waals surface area contributed by atoms with E-state index in [-0.39, 0.29) is 6.67 Å². The maximum atomic E-state index is 11.7. The number of hydrogen-bond donors (Lipinski definition) is 1. The van der Waals surface area contributed by atoms with Crippen molar-refractivity contribution in [2.75, 3.05) is 32.9 Å². The lowest BCUT2D eigenvalue weighted by molar-refractivity contribution is 0.278. The van der Waals surface area contributed by atoms with Crippen molar-refractivity contribution in [3.63, 3.8) is 0 Å². The van der Waals surface area contributed by atoms with Crippen LogP contribution in [0.25, 0.3) is 0 Å². The summed E-state index contributed by atoms with van der Waals surface area (Å²) in [6, 6.07) is 0. The van der Waals surface area contributed by atoms with E-state index in [2.05, 4.69) is 11.8 Å². The Morgan fingerprint density at radius 3 is 2.50 bits per heavy atom. The predicted molar refractivity (Wildman–Crippen MR) is 41.8 cm³/mol. The molecule has 0 aliphatic heterocycles. The highest BCUT2D eigenvalue weighted by molar-refractivity contribution is 4.54. The Morgan fingerprint density at radius 2 is 2.10 bits per heavy atom. The Kier molecular flexibility index (Phi) is 6.86. The van der Waals surface area contributed by atoms with Crippen molar-refractivity contribution in [2.45, 2.75) is 13.3 Å². The maximum absolute atomic E-state index is 11.7. The van der Waals surface area contributed by atoms with Gasteiger partial charge in [-0.3, -0.25) is 4.39 Å². The summed E-state index contributed by atoms with van der Waals surface area (Å²) in [5.41, 5.74) is 5.34. The van der Waals surface area contributed by atoms with Crippen molar-refractivity contribution in [2.24, 2.45) is 5.73 Å². The van der Waals surface area contributed by atoms with Crippen LogP contribution < -0.4 is 5.73 Å². The highest BCUT2D eigenvalue weighted by atomic mass is 19.1. The molecule has 0 aliphatic carbocycles. The second-order valence-corrected chi connectivity index (χ2v) is 2.27. The van der Waals surface area contributed by atoms with Gasteiger partial charge in [-0.1, -0.05) is 6.92 Å². The summed E-state index contributed by atoms with van der Waals surface area (Å²) in [6.07, 6.45) is 0.633. The average Bonchev–Trinajstić information content (AvgIpc) is 1.98. The largest absolute Gasteiger partial charge is 0.329 e. The number of nitrogens with two attached hydrogens (primary N) is 1. The third kappa shape index (κ3) is 4.70. The van der Waals surface area contributed by atoms with Crippen LogP contribution in [-0.4, -0.2) is 37.8 Å². The smallest absolute Gasteiger partial charge is 0.0906 e. The van der Waals surface area contributed by atoms with Crippen LogP contribution in [0.3, 0.4) is 0 Å². The van der Waals surface area contributed by atoms with Crippen LogP contribution in [-0.2, 0) is 0 Å². The molecule has 0 spiro atoms. The molecule has 0 rings (SSSR count). The zero-order chi connectivity index (χ0) is 7.82. The molecule has 0 atom stereocenters. The van der Waals surface area contributed by atoms with Gasteiger partial charge in [-0.15, -0.1) is 0 Å². The summed E-state index contributed by atoms with van der Waals surface area (Å²) < 4.78 is 11.7. The van der Waals surface area contributed by atoms with E-state index in [0.29, 0.717) is 13.0 Å². The van der Waals surface area contributed by atoms with E-state index in [9.17, 15) is 4.39 Å². The number of nitrogens with zero attached hydrogens (tertiary/aromatic N) is 1. The molecule has 0 heterocycles. The van der Waals surface area contributed by atoms with Gasteiger partial charge in [0.15, 0.2) is 0 Å². The predicted octanol–water partition coefficient (Wildman–Crippen LogP) is 0.627. The molecule has 0 aromatic heterocycles. The fourth-order valence-corrected chi connectivity index (χ4v) is 0.894. The highest BCUT2D eigenvalue weighted by Gasteiger charge is 1.98. The highest BCUT2D eigenvalue weighted by Crippen LogP contribution is 1.89. The first-order chi connectivity index (χ1) is 4.85. The Bertz CT molecular complexity index is 68.6. The minimum atomic E-state index is -0.221. The molecule has 10 heavy (non-hydrogen) atoms. The van der Waals surface area contributed by atoms with Crippen molar-refractivity contribution in [3.8, 4) is 0 Å². The quantitative estimate of drug-likeness (QED) is 0.598. The van der Waals surface area contributed by atoms with E-state index in [1.165, 1.54) is 0 Å². The lowest BCUT2D eigenvalue weighted by atomic mass is 10.4. The first-order valence-electron chi connectivity index (χ1n) is 3.83. The van der Waals surface area contributed by atoms with Crippen LogP contribution >= 0.6 is 0 Å². The topological polar surface area (TPSA) is 29.3 Å². The van der Waals surface area contributed by atoms with Crippen molar-refractivity contribution >= 4 is 0 Å². The summed E-state index contributed by atoms with van der Waals surface area (Å²) in [5.74, 6) is 0. The van der Waals surface area contributed by atoms with Gasteiger partial charge in [0.05, 0.1) is 6.67 Å². The third-order valence-electron chi connectivity index (χ3n) is 1.50. The van der Waals surface area contributed by atoms with Gasteiger partial charge in [0.1, 0.15) is 0 Å². The molecule has 0 aliphatic rings. The summed E-state index contributed by atoms with van der Waals surface area (Å²) in [7, 11) is 0. The van der Waals surface area contributed by atoms with Gasteiger partial charge in [0.2, 0.25) is 0 Å². The van der Waals surface area contributed by atoms with Crippen molar-refractivity contribution in [3.05, 3.63) is 0 Å². The summed E-state index contributed by atoms with van der Waals surface area (Å²) in [5, 5.41) is 0. The summed E-state index contributed by atoms with van der Waals surface area (Å²) in [4.78, 5) is 2.15. The fraction of sp³-hybridized carbons (Fsp3) is 1.00. The zero-order valence-corrected chi connectivity index (χ0v) is 6.65. The number of hydrogen-bond acceptors (Lipinski definition) is 2. The lowest BCUT2D eigenvalue weighted by Gasteiger charge is -2.17. The van der Waals surface area contributed by atoms with Gasteiger partial charge in [0, 0.05) is 19.6 Å². The Hall–Kier alpha value is -0.150. The van der Waals surface area contributed by atoms with Crippen LogP contribution in [0.2, 0.25) is 0 Å². The number of halogens is 1. The van der Waals surface area contributed by atoms with E-state index < -0.39 is 0 Å². The molecule has 2 N–H and O–H groups in total. The van der Waals surface area contributed by atoms with Gasteiger partial charge in [-0.05, 0) is 13.0 Å². The Balaban J connectivity index is 3.21. The molecule has 3 heteroatoms. The Morgan fingerprint density at radius 1 is 1.40 bits per heavy atom. The molecule has 62 valence electrons.